The zero-order valence-corrected chi connectivity index (χ0v) is 16.5. The fourth-order valence-electron chi connectivity index (χ4n) is 2.91. The normalized spacial score (nSPS) is 11.0. The van der Waals surface area contributed by atoms with Crippen LogP contribution in [0.25, 0.3) is 11.4 Å². The van der Waals surface area contributed by atoms with Gasteiger partial charge >= 0.3 is 12.1 Å². The SMILES string of the molecule is Cc1cc(C(=O)O)c(C)n1-c1ccccc1C(F)(F)F.[NH-]Cc1cccc(Cl)c1. The maximum Gasteiger partial charge on any atom is 0.418 e. The van der Waals surface area contributed by atoms with Crippen molar-refractivity contribution in [2.24, 2.45) is 0 Å². The molecule has 4 nitrogen and oxygen atoms in total. The molecular formula is C21H19ClF3N2O2-. The average Bonchev–Trinajstić information content (AvgIpc) is 2.96. The fourth-order valence-corrected chi connectivity index (χ4v) is 3.12. The number of para-hydroxylation sites is 1. The Morgan fingerprint density at radius 2 is 1.76 bits per heavy atom. The molecule has 0 radical (unpaired) electrons. The van der Waals surface area contributed by atoms with Crippen LogP contribution in [0.3, 0.4) is 0 Å². The first-order valence-corrected chi connectivity index (χ1v) is 8.92. The lowest BCUT2D eigenvalue weighted by Crippen LogP contribution is -2.12. The van der Waals surface area contributed by atoms with Crippen molar-refractivity contribution in [1.29, 1.82) is 0 Å². The molecule has 0 aliphatic carbocycles. The van der Waals surface area contributed by atoms with E-state index in [0.29, 0.717) is 17.3 Å². The quantitative estimate of drug-likeness (QED) is 0.509. The Labute approximate surface area is 171 Å². The van der Waals surface area contributed by atoms with Crippen LogP contribution in [0.15, 0.2) is 54.6 Å². The summed E-state index contributed by atoms with van der Waals surface area (Å²) < 4.78 is 40.4. The van der Waals surface area contributed by atoms with Gasteiger partial charge in [-0.15, -0.1) is 6.54 Å². The second kappa shape index (κ2) is 9.15. The molecule has 1 aromatic heterocycles. The third-order valence-corrected chi connectivity index (χ3v) is 4.44. The molecular weight excluding hydrogens is 405 g/mol. The van der Waals surface area contributed by atoms with E-state index in [2.05, 4.69) is 0 Å². The van der Waals surface area contributed by atoms with E-state index in [1.165, 1.54) is 35.8 Å². The highest BCUT2D eigenvalue weighted by atomic mass is 35.5. The number of alkyl halides is 3. The van der Waals surface area contributed by atoms with Crippen molar-refractivity contribution in [2.75, 3.05) is 0 Å². The topological polar surface area (TPSA) is 66.0 Å². The molecule has 0 fully saturated rings. The second-order valence-electron chi connectivity index (χ2n) is 6.25. The Morgan fingerprint density at radius 1 is 1.10 bits per heavy atom. The van der Waals surface area contributed by atoms with E-state index >= 15 is 0 Å². The highest BCUT2D eigenvalue weighted by Gasteiger charge is 2.34. The van der Waals surface area contributed by atoms with E-state index in [0.717, 1.165) is 11.6 Å². The van der Waals surface area contributed by atoms with Gasteiger partial charge in [0.25, 0.3) is 0 Å². The molecule has 154 valence electrons. The predicted octanol–water partition coefficient (Wildman–Crippen LogP) is 6.70. The largest absolute Gasteiger partial charge is 0.674 e. The molecule has 29 heavy (non-hydrogen) atoms. The van der Waals surface area contributed by atoms with E-state index < -0.39 is 17.7 Å². The molecule has 0 amide bonds. The van der Waals surface area contributed by atoms with Crippen molar-refractivity contribution in [3.63, 3.8) is 0 Å². The maximum absolute atomic E-state index is 13.0. The summed E-state index contributed by atoms with van der Waals surface area (Å²) in [6, 6.07) is 13.8. The number of carboxylic acid groups (broad SMARTS) is 1. The van der Waals surface area contributed by atoms with Crippen LogP contribution < -0.4 is 0 Å². The van der Waals surface area contributed by atoms with Gasteiger partial charge in [0.1, 0.15) is 0 Å². The van der Waals surface area contributed by atoms with Crippen LogP contribution in [0, 0.1) is 13.8 Å². The maximum atomic E-state index is 13.0. The first-order valence-electron chi connectivity index (χ1n) is 8.54. The summed E-state index contributed by atoms with van der Waals surface area (Å²) in [5.74, 6) is -1.16. The molecule has 0 saturated heterocycles. The highest BCUT2D eigenvalue weighted by Crippen LogP contribution is 2.35. The van der Waals surface area contributed by atoms with Crippen molar-refractivity contribution in [1.82, 2.24) is 4.57 Å². The molecule has 0 atom stereocenters. The second-order valence-corrected chi connectivity index (χ2v) is 6.68. The summed E-state index contributed by atoms with van der Waals surface area (Å²) in [6.07, 6.45) is -4.50. The minimum Gasteiger partial charge on any atom is -0.674 e. The van der Waals surface area contributed by atoms with Gasteiger partial charge in [0.15, 0.2) is 0 Å². The smallest absolute Gasteiger partial charge is 0.418 e. The molecule has 1 heterocycles. The number of benzene rings is 2. The first kappa shape index (κ1) is 22.5. The van der Waals surface area contributed by atoms with Gasteiger partial charge in [-0.1, -0.05) is 41.4 Å². The molecule has 8 heteroatoms. The van der Waals surface area contributed by atoms with Crippen molar-refractivity contribution in [3.8, 4) is 5.69 Å². The molecule has 2 aromatic carbocycles. The van der Waals surface area contributed by atoms with Gasteiger partial charge in [0.05, 0.1) is 16.8 Å². The minimum absolute atomic E-state index is 0.000484. The number of rotatable bonds is 3. The van der Waals surface area contributed by atoms with Gasteiger partial charge in [0.2, 0.25) is 0 Å². The molecule has 0 spiro atoms. The van der Waals surface area contributed by atoms with Gasteiger partial charge < -0.3 is 15.4 Å². The standard InChI is InChI=1S/C14H12F3NO2.C7H7ClN/c1-8-7-10(13(19)20)9(2)18(8)12-6-4-3-5-11(12)14(15,16)17;8-7-3-1-2-6(4-7)5-9/h3-7H,1-2H3,(H,19,20);1-4,9H,5H2/q;-1. The molecule has 0 unspecified atom stereocenters. The summed E-state index contributed by atoms with van der Waals surface area (Å²) >= 11 is 5.64. The van der Waals surface area contributed by atoms with Crippen LogP contribution in [0.4, 0.5) is 13.2 Å². The number of nitrogens with one attached hydrogen (secondary N) is 1. The average molecular weight is 424 g/mol. The van der Waals surface area contributed by atoms with Crippen molar-refractivity contribution < 1.29 is 23.1 Å². The van der Waals surface area contributed by atoms with Crippen LogP contribution in [0.5, 0.6) is 0 Å². The Hall–Kier alpha value is -2.77. The highest BCUT2D eigenvalue weighted by molar-refractivity contribution is 6.30. The zero-order chi connectivity index (χ0) is 21.8. The zero-order valence-electron chi connectivity index (χ0n) is 15.7. The summed E-state index contributed by atoms with van der Waals surface area (Å²) in [4.78, 5) is 11.1. The molecule has 0 saturated carbocycles. The lowest BCUT2D eigenvalue weighted by atomic mass is 10.1. The Balaban J connectivity index is 0.000000278. The number of aryl methyl sites for hydroxylation is 1. The molecule has 0 aliphatic rings. The minimum atomic E-state index is -4.50. The van der Waals surface area contributed by atoms with Gasteiger partial charge in [-0.2, -0.15) is 13.2 Å². The number of aromatic carboxylic acids is 1. The third-order valence-electron chi connectivity index (χ3n) is 4.21. The summed E-state index contributed by atoms with van der Waals surface area (Å²) in [5.41, 5.74) is 7.79. The third kappa shape index (κ3) is 5.40. The van der Waals surface area contributed by atoms with Crippen molar-refractivity contribution in [2.45, 2.75) is 26.6 Å². The Kier molecular flexibility index (Phi) is 7.11. The number of halogens is 4. The van der Waals surface area contributed by atoms with Crippen LogP contribution in [-0.4, -0.2) is 15.6 Å². The van der Waals surface area contributed by atoms with Crippen LogP contribution in [0.2, 0.25) is 5.02 Å². The number of hydrogen-bond acceptors (Lipinski definition) is 1. The summed E-state index contributed by atoms with van der Waals surface area (Å²) in [7, 11) is 0. The van der Waals surface area contributed by atoms with Crippen LogP contribution in [0.1, 0.15) is 32.9 Å². The fraction of sp³-hybridized carbons (Fsp3) is 0.190. The molecule has 3 aromatic rings. The lowest BCUT2D eigenvalue weighted by Gasteiger charge is -2.16. The van der Waals surface area contributed by atoms with Crippen LogP contribution in [-0.2, 0) is 12.7 Å². The lowest BCUT2D eigenvalue weighted by molar-refractivity contribution is -0.137. The van der Waals surface area contributed by atoms with Gasteiger partial charge in [-0.05, 0) is 44.2 Å². The van der Waals surface area contributed by atoms with E-state index in [4.69, 9.17) is 22.4 Å². The number of nitrogens with zero attached hydrogens (tertiary/aromatic N) is 1. The van der Waals surface area contributed by atoms with E-state index in [1.807, 2.05) is 12.1 Å². The predicted molar refractivity (Wildman–Crippen MR) is 107 cm³/mol. The molecule has 3 rings (SSSR count). The van der Waals surface area contributed by atoms with Crippen LogP contribution >= 0.6 is 11.6 Å². The number of carboxylic acids is 1. The van der Waals surface area contributed by atoms with E-state index in [9.17, 15) is 18.0 Å². The molecule has 0 aliphatic heterocycles. The van der Waals surface area contributed by atoms with E-state index in [1.54, 1.807) is 19.1 Å². The van der Waals surface area contributed by atoms with Crippen molar-refractivity contribution >= 4 is 17.6 Å². The summed E-state index contributed by atoms with van der Waals surface area (Å²) in [5, 5.41) is 9.75. The number of carbonyl (C=O) groups is 1. The van der Waals surface area contributed by atoms with Crippen molar-refractivity contribution in [3.05, 3.63) is 93.4 Å². The molecule has 0 bridgehead atoms. The van der Waals surface area contributed by atoms with E-state index in [-0.39, 0.29) is 16.9 Å². The summed E-state index contributed by atoms with van der Waals surface area (Å²) in [6.45, 7) is 3.37. The van der Waals surface area contributed by atoms with Gasteiger partial charge in [0, 0.05) is 16.4 Å². The van der Waals surface area contributed by atoms with Gasteiger partial charge in [-0.3, -0.25) is 0 Å². The Morgan fingerprint density at radius 3 is 2.24 bits per heavy atom. The molecule has 2 N–H and O–H groups in total. The first-order chi connectivity index (χ1) is 13.6. The van der Waals surface area contributed by atoms with Gasteiger partial charge in [-0.25, -0.2) is 4.79 Å². The monoisotopic (exact) mass is 423 g/mol. The Bertz CT molecular complexity index is 1010. The number of aromatic nitrogens is 1. The number of hydrogen-bond donors (Lipinski definition) is 1.